The molecule has 0 saturated heterocycles. The predicted octanol–water partition coefficient (Wildman–Crippen LogP) is 6.25. The summed E-state index contributed by atoms with van der Waals surface area (Å²) in [7, 11) is 0. The lowest BCUT2D eigenvalue weighted by atomic mass is 9.97. The third-order valence-corrected chi connectivity index (χ3v) is 3.90. The number of hydrogen-bond donors (Lipinski definition) is 0. The topological polar surface area (TPSA) is 33.0 Å². The molecular weight excluding hydrogens is 294 g/mol. The molecule has 0 unspecified atom stereocenters. The van der Waals surface area contributed by atoms with Crippen LogP contribution in [0.25, 0.3) is 0 Å². The number of halogens is 1. The van der Waals surface area contributed by atoms with Crippen LogP contribution in [0.4, 0.5) is 0 Å². The number of ether oxygens (including phenoxy) is 1. The smallest absolute Gasteiger partial charge is 0.130 e. The molecule has 2 aromatic carbocycles. The second kappa shape index (κ2) is 6.85. The van der Waals surface area contributed by atoms with Crippen molar-refractivity contribution >= 4 is 11.6 Å². The first-order chi connectivity index (χ1) is 10.4. The van der Waals surface area contributed by atoms with Crippen LogP contribution < -0.4 is 4.74 Å². The second-order valence-electron chi connectivity index (χ2n) is 5.96. The molecule has 114 valence electrons. The van der Waals surface area contributed by atoms with Gasteiger partial charge in [0.25, 0.3) is 0 Å². The van der Waals surface area contributed by atoms with Gasteiger partial charge >= 0.3 is 0 Å². The molecule has 2 aromatic rings. The Morgan fingerprint density at radius 3 is 2.09 bits per heavy atom. The van der Waals surface area contributed by atoms with Crippen molar-refractivity contribution in [2.24, 2.45) is 0 Å². The van der Waals surface area contributed by atoms with E-state index < -0.39 is 0 Å². The number of benzene rings is 2. The molecule has 0 fully saturated rings. The predicted molar refractivity (Wildman–Crippen MR) is 90.9 cm³/mol. The third-order valence-electron chi connectivity index (χ3n) is 3.58. The Bertz CT molecular complexity index is 697. The highest BCUT2D eigenvalue weighted by atomic mass is 35.5. The van der Waals surface area contributed by atoms with E-state index in [4.69, 9.17) is 16.3 Å². The summed E-state index contributed by atoms with van der Waals surface area (Å²) in [5.74, 6) is 2.01. The summed E-state index contributed by atoms with van der Waals surface area (Å²) in [6.45, 7) is 8.35. The van der Waals surface area contributed by atoms with Gasteiger partial charge in [-0.05, 0) is 47.2 Å². The van der Waals surface area contributed by atoms with Gasteiger partial charge in [0.1, 0.15) is 11.5 Å². The monoisotopic (exact) mass is 313 g/mol. The molecule has 0 amide bonds. The van der Waals surface area contributed by atoms with Gasteiger partial charge in [-0.1, -0.05) is 51.4 Å². The lowest BCUT2D eigenvalue weighted by Crippen LogP contribution is -1.96. The van der Waals surface area contributed by atoms with Crippen LogP contribution in [-0.2, 0) is 0 Å². The lowest BCUT2D eigenvalue weighted by molar-refractivity contribution is 0.482. The molecule has 0 aliphatic rings. The van der Waals surface area contributed by atoms with Crippen molar-refractivity contribution in [1.29, 1.82) is 5.26 Å². The maximum Gasteiger partial charge on any atom is 0.130 e. The molecule has 3 heteroatoms. The van der Waals surface area contributed by atoms with Crippen LogP contribution in [0.5, 0.6) is 11.5 Å². The molecule has 2 nitrogen and oxygen atoms in total. The first-order valence-electron chi connectivity index (χ1n) is 7.43. The molecule has 0 heterocycles. The molecule has 0 saturated carbocycles. The summed E-state index contributed by atoms with van der Waals surface area (Å²) in [5.41, 5.74) is 2.70. The van der Waals surface area contributed by atoms with Crippen LogP contribution in [0.3, 0.4) is 0 Å². The van der Waals surface area contributed by atoms with Crippen molar-refractivity contribution < 1.29 is 4.74 Å². The van der Waals surface area contributed by atoms with E-state index in [1.54, 1.807) is 12.1 Å². The molecule has 2 rings (SSSR count). The summed E-state index contributed by atoms with van der Waals surface area (Å²) in [6, 6.07) is 13.7. The Labute approximate surface area is 137 Å². The van der Waals surface area contributed by atoms with Gasteiger partial charge in [0.05, 0.1) is 11.6 Å². The summed E-state index contributed by atoms with van der Waals surface area (Å²) >= 11 is 6.31. The molecule has 0 aliphatic heterocycles. The Morgan fingerprint density at radius 1 is 0.955 bits per heavy atom. The van der Waals surface area contributed by atoms with Crippen molar-refractivity contribution in [1.82, 2.24) is 0 Å². The van der Waals surface area contributed by atoms with Crippen LogP contribution >= 0.6 is 11.6 Å². The molecule has 0 atom stereocenters. The van der Waals surface area contributed by atoms with E-state index in [2.05, 4.69) is 32.0 Å². The van der Waals surface area contributed by atoms with E-state index in [9.17, 15) is 5.26 Å². The minimum atomic E-state index is 0.196. The largest absolute Gasteiger partial charge is 0.457 e. The number of nitriles is 1. The number of rotatable bonds is 4. The van der Waals surface area contributed by atoms with Gasteiger partial charge in [-0.15, -0.1) is 0 Å². The van der Waals surface area contributed by atoms with Crippen LogP contribution in [0.2, 0.25) is 5.02 Å². The molecule has 0 radical (unpaired) electrons. The normalized spacial score (nSPS) is 10.8. The maximum absolute atomic E-state index is 9.32. The van der Waals surface area contributed by atoms with Crippen molar-refractivity contribution in [2.75, 3.05) is 0 Å². The average molecular weight is 314 g/mol. The minimum Gasteiger partial charge on any atom is -0.457 e. The Morgan fingerprint density at radius 2 is 1.59 bits per heavy atom. The molecule has 0 spiro atoms. The van der Waals surface area contributed by atoms with E-state index in [1.807, 2.05) is 26.0 Å². The molecule has 0 aliphatic carbocycles. The van der Waals surface area contributed by atoms with Gasteiger partial charge in [-0.3, -0.25) is 0 Å². The van der Waals surface area contributed by atoms with Crippen LogP contribution in [-0.4, -0.2) is 0 Å². The standard InChI is InChI=1S/C19H20ClNO/c1-12(2)14-5-7-16(8-6-14)22-17-9-15(11-21)19(13(3)4)18(20)10-17/h5-10,12-13H,1-4H3. The minimum absolute atomic E-state index is 0.196. The lowest BCUT2D eigenvalue weighted by Gasteiger charge is -2.14. The zero-order valence-electron chi connectivity index (χ0n) is 13.4. The van der Waals surface area contributed by atoms with Crippen LogP contribution in [0, 0.1) is 11.3 Å². The van der Waals surface area contributed by atoms with Gasteiger partial charge in [-0.25, -0.2) is 0 Å². The van der Waals surface area contributed by atoms with Crippen molar-refractivity contribution in [2.45, 2.75) is 39.5 Å². The third kappa shape index (κ3) is 3.61. The number of hydrogen-bond acceptors (Lipinski definition) is 2. The summed E-state index contributed by atoms with van der Waals surface area (Å²) < 4.78 is 5.84. The SMILES string of the molecule is CC(C)c1ccc(Oc2cc(Cl)c(C(C)C)c(C#N)c2)cc1. The molecular formula is C19H20ClNO. The van der Waals surface area contributed by atoms with Crippen molar-refractivity contribution in [3.05, 3.63) is 58.1 Å². The molecule has 0 bridgehead atoms. The van der Waals surface area contributed by atoms with E-state index in [0.717, 1.165) is 11.3 Å². The van der Waals surface area contributed by atoms with Crippen molar-refractivity contribution in [3.63, 3.8) is 0 Å². The molecule has 22 heavy (non-hydrogen) atoms. The zero-order chi connectivity index (χ0) is 16.3. The zero-order valence-corrected chi connectivity index (χ0v) is 14.1. The highest BCUT2D eigenvalue weighted by Crippen LogP contribution is 2.34. The first kappa shape index (κ1) is 16.4. The second-order valence-corrected chi connectivity index (χ2v) is 6.37. The van der Waals surface area contributed by atoms with Gasteiger partial charge < -0.3 is 4.74 Å². The van der Waals surface area contributed by atoms with Gasteiger partial charge in [-0.2, -0.15) is 5.26 Å². The number of nitrogens with zero attached hydrogens (tertiary/aromatic N) is 1. The average Bonchev–Trinajstić information content (AvgIpc) is 2.46. The Kier molecular flexibility index (Phi) is 5.11. The maximum atomic E-state index is 9.32. The fourth-order valence-electron chi connectivity index (χ4n) is 2.39. The fourth-order valence-corrected chi connectivity index (χ4v) is 2.82. The van der Waals surface area contributed by atoms with Gasteiger partial charge in [0, 0.05) is 5.02 Å². The summed E-state index contributed by atoms with van der Waals surface area (Å²) in [6.07, 6.45) is 0. The first-order valence-corrected chi connectivity index (χ1v) is 7.81. The van der Waals surface area contributed by atoms with Gasteiger partial charge in [0.2, 0.25) is 0 Å². The van der Waals surface area contributed by atoms with E-state index in [1.165, 1.54) is 5.56 Å². The molecule has 0 aromatic heterocycles. The van der Waals surface area contributed by atoms with Crippen LogP contribution in [0.15, 0.2) is 36.4 Å². The highest BCUT2D eigenvalue weighted by Gasteiger charge is 2.14. The van der Waals surface area contributed by atoms with Gasteiger partial charge in [0.15, 0.2) is 0 Å². The summed E-state index contributed by atoms with van der Waals surface area (Å²) in [4.78, 5) is 0. The van der Waals surface area contributed by atoms with E-state index in [-0.39, 0.29) is 5.92 Å². The quantitative estimate of drug-likeness (QED) is 0.668. The van der Waals surface area contributed by atoms with E-state index >= 15 is 0 Å². The Hall–Kier alpha value is -1.98. The van der Waals surface area contributed by atoms with Crippen LogP contribution in [0.1, 0.15) is 56.2 Å². The van der Waals surface area contributed by atoms with Crippen molar-refractivity contribution in [3.8, 4) is 17.6 Å². The molecule has 0 N–H and O–H groups in total. The highest BCUT2D eigenvalue weighted by molar-refractivity contribution is 6.31. The summed E-state index contributed by atoms with van der Waals surface area (Å²) in [5, 5.41) is 9.89. The van der Waals surface area contributed by atoms with E-state index in [0.29, 0.717) is 22.3 Å². The fraction of sp³-hybridized carbons (Fsp3) is 0.316. The Balaban J connectivity index is 2.30.